The highest BCUT2D eigenvalue weighted by Crippen LogP contribution is 2.24. The van der Waals surface area contributed by atoms with Crippen LogP contribution in [0.2, 0.25) is 0 Å². The molecule has 0 atom stereocenters. The van der Waals surface area contributed by atoms with Gasteiger partial charge in [0, 0.05) is 0 Å². The van der Waals surface area contributed by atoms with Crippen molar-refractivity contribution in [2.75, 3.05) is 0 Å². The lowest BCUT2D eigenvalue weighted by Crippen LogP contribution is -1.92. The van der Waals surface area contributed by atoms with Crippen molar-refractivity contribution in [3.05, 3.63) is 96.1 Å². The van der Waals surface area contributed by atoms with Gasteiger partial charge in [-0.2, -0.15) is 0 Å². The van der Waals surface area contributed by atoms with Gasteiger partial charge >= 0.3 is 0 Å². The molecule has 0 amide bonds. The van der Waals surface area contributed by atoms with Crippen LogP contribution in [0, 0.1) is 6.07 Å². The average Bonchev–Trinajstić information content (AvgIpc) is 2.50. The SMILES string of the molecule is [c]1cccc(Cc2ccccc2)c1-c1ccccc1. The zero-order valence-corrected chi connectivity index (χ0v) is 10.7. The van der Waals surface area contributed by atoms with Crippen LogP contribution in [0.4, 0.5) is 0 Å². The highest BCUT2D eigenvalue weighted by atomic mass is 14.1. The molecule has 1 radical (unpaired) electrons. The largest absolute Gasteiger partial charge is 0.0622 e. The van der Waals surface area contributed by atoms with Crippen LogP contribution in [-0.4, -0.2) is 0 Å². The maximum Gasteiger partial charge on any atom is -0.00194 e. The van der Waals surface area contributed by atoms with Crippen LogP contribution in [0.15, 0.2) is 78.9 Å². The molecule has 0 aromatic heterocycles. The second-order valence-electron chi connectivity index (χ2n) is 4.60. The van der Waals surface area contributed by atoms with E-state index in [1.807, 2.05) is 12.1 Å². The smallest absolute Gasteiger partial charge is 0.00194 e. The minimum atomic E-state index is 0.947. The lowest BCUT2D eigenvalue weighted by Gasteiger charge is -2.09. The summed E-state index contributed by atoms with van der Waals surface area (Å²) in [6, 6.07) is 30.6. The first-order valence-corrected chi connectivity index (χ1v) is 6.52. The van der Waals surface area contributed by atoms with Crippen LogP contribution in [0.5, 0.6) is 0 Å². The Hall–Kier alpha value is -2.34. The van der Waals surface area contributed by atoms with Crippen molar-refractivity contribution in [2.24, 2.45) is 0 Å². The van der Waals surface area contributed by atoms with Gasteiger partial charge in [-0.15, -0.1) is 0 Å². The molecule has 3 aromatic rings. The fourth-order valence-electron chi connectivity index (χ4n) is 2.31. The summed E-state index contributed by atoms with van der Waals surface area (Å²) in [5.41, 5.74) is 5.08. The molecule has 0 saturated carbocycles. The minimum absolute atomic E-state index is 0.947. The van der Waals surface area contributed by atoms with E-state index in [1.165, 1.54) is 22.3 Å². The van der Waals surface area contributed by atoms with Crippen molar-refractivity contribution in [1.82, 2.24) is 0 Å². The summed E-state index contributed by atoms with van der Waals surface area (Å²) in [5.74, 6) is 0. The molecule has 0 saturated heterocycles. The highest BCUT2D eigenvalue weighted by Gasteiger charge is 2.04. The average molecular weight is 243 g/mol. The van der Waals surface area contributed by atoms with E-state index >= 15 is 0 Å². The maximum absolute atomic E-state index is 3.37. The van der Waals surface area contributed by atoms with Crippen molar-refractivity contribution < 1.29 is 0 Å². The van der Waals surface area contributed by atoms with E-state index in [4.69, 9.17) is 0 Å². The predicted octanol–water partition coefficient (Wildman–Crippen LogP) is 4.74. The van der Waals surface area contributed by atoms with Gasteiger partial charge in [-0.05, 0) is 34.7 Å². The van der Waals surface area contributed by atoms with Crippen LogP contribution < -0.4 is 0 Å². The molecule has 0 heterocycles. The van der Waals surface area contributed by atoms with Crippen LogP contribution >= 0.6 is 0 Å². The third-order valence-corrected chi connectivity index (χ3v) is 3.24. The molecule has 3 aromatic carbocycles. The Balaban J connectivity index is 1.99. The van der Waals surface area contributed by atoms with Crippen molar-refractivity contribution in [1.29, 1.82) is 0 Å². The number of benzene rings is 3. The van der Waals surface area contributed by atoms with Crippen molar-refractivity contribution in [2.45, 2.75) is 6.42 Å². The molecule has 0 unspecified atom stereocenters. The number of hydrogen-bond donors (Lipinski definition) is 0. The van der Waals surface area contributed by atoms with Crippen LogP contribution in [-0.2, 0) is 6.42 Å². The first-order valence-electron chi connectivity index (χ1n) is 6.52. The van der Waals surface area contributed by atoms with Gasteiger partial charge in [0.25, 0.3) is 0 Å². The lowest BCUT2D eigenvalue weighted by molar-refractivity contribution is 1.19. The quantitative estimate of drug-likeness (QED) is 0.623. The first-order chi connectivity index (χ1) is 9.43. The highest BCUT2D eigenvalue weighted by molar-refractivity contribution is 5.67. The Morgan fingerprint density at radius 3 is 2.11 bits per heavy atom. The summed E-state index contributed by atoms with van der Waals surface area (Å²) in [7, 11) is 0. The van der Waals surface area contributed by atoms with E-state index < -0.39 is 0 Å². The maximum atomic E-state index is 3.37. The minimum Gasteiger partial charge on any atom is -0.0622 e. The molecule has 0 aliphatic rings. The summed E-state index contributed by atoms with van der Waals surface area (Å²) >= 11 is 0. The standard InChI is InChI=1S/C19H15/c1-3-9-16(10-4-1)15-18-13-7-8-14-19(18)17-11-5-2-6-12-17/h1-13H,15H2. The molecule has 3 rings (SSSR count). The van der Waals surface area contributed by atoms with E-state index in [1.54, 1.807) is 0 Å². The molecule has 19 heavy (non-hydrogen) atoms. The Kier molecular flexibility index (Phi) is 3.42. The Morgan fingerprint density at radius 1 is 0.684 bits per heavy atom. The van der Waals surface area contributed by atoms with Gasteiger partial charge in [0.1, 0.15) is 0 Å². The van der Waals surface area contributed by atoms with Gasteiger partial charge in [-0.25, -0.2) is 0 Å². The predicted molar refractivity (Wildman–Crippen MR) is 80.0 cm³/mol. The number of hydrogen-bond acceptors (Lipinski definition) is 0. The molecule has 0 spiro atoms. The summed E-state index contributed by atoms with van der Waals surface area (Å²) in [6.07, 6.45) is 0.947. The van der Waals surface area contributed by atoms with Gasteiger partial charge < -0.3 is 0 Å². The van der Waals surface area contributed by atoms with Gasteiger partial charge in [-0.3, -0.25) is 0 Å². The molecule has 0 bridgehead atoms. The summed E-state index contributed by atoms with van der Waals surface area (Å²) < 4.78 is 0. The topological polar surface area (TPSA) is 0 Å². The lowest BCUT2D eigenvalue weighted by atomic mass is 9.95. The monoisotopic (exact) mass is 243 g/mol. The van der Waals surface area contributed by atoms with Crippen LogP contribution in [0.3, 0.4) is 0 Å². The van der Waals surface area contributed by atoms with Crippen molar-refractivity contribution in [3.8, 4) is 11.1 Å². The summed E-state index contributed by atoms with van der Waals surface area (Å²) in [4.78, 5) is 0. The third kappa shape index (κ3) is 2.74. The van der Waals surface area contributed by atoms with Gasteiger partial charge in [0.15, 0.2) is 0 Å². The van der Waals surface area contributed by atoms with Crippen molar-refractivity contribution >= 4 is 0 Å². The van der Waals surface area contributed by atoms with Gasteiger partial charge in [0.2, 0.25) is 0 Å². The molecular weight excluding hydrogens is 228 g/mol. The van der Waals surface area contributed by atoms with E-state index in [0.717, 1.165) is 6.42 Å². The molecule has 0 N–H and O–H groups in total. The Labute approximate surface area is 114 Å². The molecular formula is C19H15. The van der Waals surface area contributed by atoms with Crippen LogP contribution in [0.25, 0.3) is 11.1 Å². The van der Waals surface area contributed by atoms with E-state index in [-0.39, 0.29) is 0 Å². The second-order valence-corrected chi connectivity index (χ2v) is 4.60. The first kappa shape index (κ1) is 11.7. The third-order valence-electron chi connectivity index (χ3n) is 3.24. The zero-order valence-electron chi connectivity index (χ0n) is 10.7. The Morgan fingerprint density at radius 2 is 1.37 bits per heavy atom. The normalized spacial score (nSPS) is 10.3. The van der Waals surface area contributed by atoms with Gasteiger partial charge in [0.05, 0.1) is 0 Å². The molecule has 0 fully saturated rings. The molecule has 0 aliphatic carbocycles. The Bertz CT molecular complexity index is 639. The summed E-state index contributed by atoms with van der Waals surface area (Å²) in [5, 5.41) is 0. The van der Waals surface area contributed by atoms with E-state index in [9.17, 15) is 0 Å². The zero-order chi connectivity index (χ0) is 12.9. The van der Waals surface area contributed by atoms with E-state index in [0.29, 0.717) is 0 Å². The van der Waals surface area contributed by atoms with Gasteiger partial charge in [-0.1, -0.05) is 78.9 Å². The molecule has 91 valence electrons. The second kappa shape index (κ2) is 5.53. The fourth-order valence-corrected chi connectivity index (χ4v) is 2.31. The fraction of sp³-hybridized carbons (Fsp3) is 0.0526. The van der Waals surface area contributed by atoms with E-state index in [2.05, 4.69) is 72.8 Å². The molecule has 0 aliphatic heterocycles. The van der Waals surface area contributed by atoms with Crippen molar-refractivity contribution in [3.63, 3.8) is 0 Å². The number of rotatable bonds is 3. The molecule has 0 heteroatoms. The molecule has 0 nitrogen and oxygen atoms in total. The van der Waals surface area contributed by atoms with Crippen LogP contribution in [0.1, 0.15) is 11.1 Å². The summed E-state index contributed by atoms with van der Waals surface area (Å²) in [6.45, 7) is 0.